The highest BCUT2D eigenvalue weighted by Crippen LogP contribution is 2.15. The summed E-state index contributed by atoms with van der Waals surface area (Å²) in [6.07, 6.45) is 0. The summed E-state index contributed by atoms with van der Waals surface area (Å²) in [5, 5.41) is 7.02. The van der Waals surface area contributed by atoms with Gasteiger partial charge in [-0.3, -0.25) is 9.59 Å². The van der Waals surface area contributed by atoms with E-state index in [0.717, 1.165) is 11.3 Å². The minimum Gasteiger partial charge on any atom is -0.465 e. The highest BCUT2D eigenvalue weighted by Gasteiger charge is 2.17. The van der Waals surface area contributed by atoms with Gasteiger partial charge in [0.05, 0.1) is 19.1 Å². The first kappa shape index (κ1) is 18.7. The average molecular weight is 319 g/mol. The van der Waals surface area contributed by atoms with Gasteiger partial charge in [-0.2, -0.15) is 5.10 Å². The molecular weight excluding hydrogens is 294 g/mol. The van der Waals surface area contributed by atoms with Crippen molar-refractivity contribution in [3.8, 4) is 0 Å². The molecule has 0 saturated heterocycles. The Morgan fingerprint density at radius 2 is 2.00 bits per heavy atom. The van der Waals surface area contributed by atoms with Crippen molar-refractivity contribution in [2.75, 3.05) is 18.5 Å². The maximum absolute atomic E-state index is 11.8. The lowest BCUT2D eigenvalue weighted by Gasteiger charge is -2.11. The predicted octanol–water partition coefficient (Wildman–Crippen LogP) is 2.41. The largest absolute Gasteiger partial charge is 0.465 e. The van der Waals surface area contributed by atoms with E-state index in [4.69, 9.17) is 4.74 Å². The second-order valence-corrected chi connectivity index (χ2v) is 5.43. The van der Waals surface area contributed by atoms with Gasteiger partial charge in [0, 0.05) is 11.4 Å². The zero-order chi connectivity index (χ0) is 17.4. The molecule has 0 aliphatic carbocycles. The van der Waals surface area contributed by atoms with E-state index < -0.39 is 5.92 Å². The maximum Gasteiger partial charge on any atom is 0.314 e. The van der Waals surface area contributed by atoms with Gasteiger partial charge in [0.15, 0.2) is 0 Å². The Kier molecular flexibility index (Phi) is 7.25. The molecule has 0 aliphatic rings. The smallest absolute Gasteiger partial charge is 0.314 e. The van der Waals surface area contributed by atoms with E-state index in [1.54, 1.807) is 20.8 Å². The molecule has 0 heterocycles. The molecule has 23 heavy (non-hydrogen) atoms. The number of nitrogens with one attached hydrogen (secondary N) is 2. The number of anilines is 1. The maximum atomic E-state index is 11.8. The monoisotopic (exact) mass is 319 g/mol. The van der Waals surface area contributed by atoms with E-state index in [9.17, 15) is 9.59 Å². The van der Waals surface area contributed by atoms with Gasteiger partial charge in [0.2, 0.25) is 0 Å². The number of ether oxygens (including phenoxy) is 1. The van der Waals surface area contributed by atoms with Crippen LogP contribution < -0.4 is 10.7 Å². The normalized spacial score (nSPS) is 12.5. The van der Waals surface area contributed by atoms with Gasteiger partial charge in [-0.05, 0) is 46.2 Å². The predicted molar refractivity (Wildman–Crippen MR) is 91.5 cm³/mol. The highest BCUT2D eigenvalue weighted by molar-refractivity contribution is 6.00. The Hall–Kier alpha value is -2.37. The topological polar surface area (TPSA) is 79.8 Å². The van der Waals surface area contributed by atoms with Crippen molar-refractivity contribution in [1.29, 1.82) is 0 Å². The lowest BCUT2D eigenvalue weighted by Crippen LogP contribution is -2.29. The summed E-state index contributed by atoms with van der Waals surface area (Å²) in [6.45, 7) is 9.55. The van der Waals surface area contributed by atoms with E-state index in [0.29, 0.717) is 12.3 Å². The number of rotatable bonds is 7. The third kappa shape index (κ3) is 6.10. The first-order chi connectivity index (χ1) is 10.8. The highest BCUT2D eigenvalue weighted by atomic mass is 16.5. The fourth-order valence-electron chi connectivity index (χ4n) is 1.91. The molecule has 1 rings (SSSR count). The average Bonchev–Trinajstić information content (AvgIpc) is 2.51. The van der Waals surface area contributed by atoms with Gasteiger partial charge in [0.25, 0.3) is 5.91 Å². The molecule has 0 aliphatic heterocycles. The zero-order valence-electron chi connectivity index (χ0n) is 14.4. The summed E-state index contributed by atoms with van der Waals surface area (Å²) in [6, 6.07) is 5.97. The SMILES string of the molecule is CCOC(=O)[C@@H](C)/C(C)=N\NC(=O)CNc1ccc(C)cc1C. The first-order valence-electron chi connectivity index (χ1n) is 7.66. The van der Waals surface area contributed by atoms with Crippen LogP contribution in [0.15, 0.2) is 23.3 Å². The van der Waals surface area contributed by atoms with Crippen LogP contribution in [0.4, 0.5) is 5.69 Å². The van der Waals surface area contributed by atoms with Crippen LogP contribution in [0.2, 0.25) is 0 Å². The van der Waals surface area contributed by atoms with Crippen molar-refractivity contribution >= 4 is 23.3 Å². The first-order valence-corrected chi connectivity index (χ1v) is 7.66. The third-order valence-corrected chi connectivity index (χ3v) is 3.45. The van der Waals surface area contributed by atoms with E-state index >= 15 is 0 Å². The molecule has 0 radical (unpaired) electrons. The lowest BCUT2D eigenvalue weighted by molar-refractivity contribution is -0.145. The van der Waals surface area contributed by atoms with E-state index in [-0.39, 0.29) is 18.4 Å². The second kappa shape index (κ2) is 8.92. The number of hydrazone groups is 1. The number of carbonyl (C=O) groups is 2. The molecule has 0 fully saturated rings. The molecule has 6 nitrogen and oxygen atoms in total. The number of hydrogen-bond donors (Lipinski definition) is 2. The van der Waals surface area contributed by atoms with Crippen molar-refractivity contribution in [2.24, 2.45) is 11.0 Å². The number of amides is 1. The molecule has 0 saturated carbocycles. The molecule has 126 valence electrons. The van der Waals surface area contributed by atoms with Gasteiger partial charge >= 0.3 is 5.97 Å². The standard InChI is InChI=1S/C17H25N3O3/c1-6-23-17(22)13(4)14(5)19-20-16(21)10-18-15-8-7-11(2)9-12(15)3/h7-9,13,18H,6,10H2,1-5H3,(H,20,21)/b19-14-/t13-/m0/s1. The van der Waals surface area contributed by atoms with Gasteiger partial charge in [-0.15, -0.1) is 0 Å². The van der Waals surface area contributed by atoms with Crippen LogP contribution >= 0.6 is 0 Å². The fourth-order valence-corrected chi connectivity index (χ4v) is 1.91. The van der Waals surface area contributed by atoms with Gasteiger partial charge in [-0.1, -0.05) is 17.7 Å². The molecule has 2 N–H and O–H groups in total. The number of hydrogen-bond acceptors (Lipinski definition) is 5. The van der Waals surface area contributed by atoms with Crippen LogP contribution in [0.1, 0.15) is 31.9 Å². The summed E-state index contributed by atoms with van der Waals surface area (Å²) in [5.41, 5.74) is 6.10. The lowest BCUT2D eigenvalue weighted by atomic mass is 10.1. The Bertz CT molecular complexity index is 597. The number of nitrogens with zero attached hydrogens (tertiary/aromatic N) is 1. The summed E-state index contributed by atoms with van der Waals surface area (Å²) >= 11 is 0. The van der Waals surface area contributed by atoms with Crippen LogP contribution in [-0.2, 0) is 14.3 Å². The Labute approximate surface area is 137 Å². The van der Waals surface area contributed by atoms with Crippen LogP contribution in [0.5, 0.6) is 0 Å². The molecular formula is C17H25N3O3. The molecule has 1 amide bonds. The number of aryl methyl sites for hydroxylation is 2. The number of carbonyl (C=O) groups excluding carboxylic acids is 2. The van der Waals surface area contributed by atoms with E-state index in [1.165, 1.54) is 5.56 Å². The summed E-state index contributed by atoms with van der Waals surface area (Å²) in [5.74, 6) is -1.11. The van der Waals surface area contributed by atoms with Crippen molar-refractivity contribution in [3.63, 3.8) is 0 Å². The van der Waals surface area contributed by atoms with Crippen LogP contribution in [-0.4, -0.2) is 30.7 Å². The van der Waals surface area contributed by atoms with Crippen molar-refractivity contribution in [1.82, 2.24) is 5.43 Å². The number of esters is 1. The molecule has 0 spiro atoms. The van der Waals surface area contributed by atoms with Crippen LogP contribution in [0.3, 0.4) is 0 Å². The summed E-state index contributed by atoms with van der Waals surface area (Å²) in [4.78, 5) is 23.4. The second-order valence-electron chi connectivity index (χ2n) is 5.43. The Morgan fingerprint density at radius 1 is 1.30 bits per heavy atom. The molecule has 0 unspecified atom stereocenters. The van der Waals surface area contributed by atoms with Crippen LogP contribution in [0.25, 0.3) is 0 Å². The fraction of sp³-hybridized carbons (Fsp3) is 0.471. The van der Waals surface area contributed by atoms with E-state index in [2.05, 4.69) is 15.8 Å². The van der Waals surface area contributed by atoms with Gasteiger partial charge < -0.3 is 10.1 Å². The molecule has 1 aromatic carbocycles. The number of benzene rings is 1. The van der Waals surface area contributed by atoms with Gasteiger partial charge in [-0.25, -0.2) is 5.43 Å². The van der Waals surface area contributed by atoms with Crippen molar-refractivity contribution in [2.45, 2.75) is 34.6 Å². The Morgan fingerprint density at radius 3 is 2.61 bits per heavy atom. The molecule has 1 atom stereocenters. The molecule has 6 heteroatoms. The third-order valence-electron chi connectivity index (χ3n) is 3.45. The Balaban J connectivity index is 2.50. The quantitative estimate of drug-likeness (QED) is 0.459. The van der Waals surface area contributed by atoms with Crippen molar-refractivity contribution in [3.05, 3.63) is 29.3 Å². The zero-order valence-corrected chi connectivity index (χ0v) is 14.4. The molecule has 1 aromatic rings. The van der Waals surface area contributed by atoms with Crippen molar-refractivity contribution < 1.29 is 14.3 Å². The molecule has 0 aromatic heterocycles. The summed E-state index contributed by atoms with van der Waals surface area (Å²) < 4.78 is 4.91. The van der Waals surface area contributed by atoms with Gasteiger partial charge in [0.1, 0.15) is 0 Å². The minimum absolute atomic E-state index is 0.106. The minimum atomic E-state index is -0.484. The molecule has 0 bridgehead atoms. The van der Waals surface area contributed by atoms with Crippen LogP contribution in [0, 0.1) is 19.8 Å². The summed E-state index contributed by atoms with van der Waals surface area (Å²) in [7, 11) is 0. The van der Waals surface area contributed by atoms with E-state index in [1.807, 2.05) is 32.0 Å².